The molecule has 7 nitrogen and oxygen atoms in total. The van der Waals surface area contributed by atoms with Crippen molar-refractivity contribution in [2.75, 3.05) is 26.2 Å². The number of carbonyl (C=O) groups excluding carboxylic acids is 1. The average Bonchev–Trinajstić information content (AvgIpc) is 3.31. The van der Waals surface area contributed by atoms with Gasteiger partial charge in [-0.25, -0.2) is 4.79 Å². The molecular formula is C18H23N5O2. The molecular weight excluding hydrogens is 318 g/mol. The van der Waals surface area contributed by atoms with E-state index in [-0.39, 0.29) is 12.1 Å². The number of carbonyl (C=O) groups is 1. The molecule has 2 saturated heterocycles. The van der Waals surface area contributed by atoms with Gasteiger partial charge in [0.25, 0.3) is 0 Å². The lowest BCUT2D eigenvalue weighted by molar-refractivity contribution is 0.0981. The minimum absolute atomic E-state index is 0.0795. The van der Waals surface area contributed by atoms with Gasteiger partial charge >= 0.3 is 6.03 Å². The Labute approximate surface area is 147 Å². The summed E-state index contributed by atoms with van der Waals surface area (Å²) in [6.45, 7) is 5.55. The van der Waals surface area contributed by atoms with E-state index in [0.717, 1.165) is 44.6 Å². The maximum absolute atomic E-state index is 11.8. The van der Waals surface area contributed by atoms with E-state index in [2.05, 4.69) is 27.3 Å². The Bertz CT molecular complexity index is 724. The molecule has 0 bridgehead atoms. The maximum Gasteiger partial charge on any atom is 0.317 e. The van der Waals surface area contributed by atoms with Crippen LogP contribution in [0.15, 0.2) is 34.9 Å². The topological polar surface area (TPSA) is 74.5 Å². The highest BCUT2D eigenvalue weighted by atomic mass is 16.5. The number of rotatable bonds is 4. The Balaban J connectivity index is 1.38. The molecule has 0 spiro atoms. The fourth-order valence-electron chi connectivity index (χ4n) is 3.69. The van der Waals surface area contributed by atoms with E-state index in [1.807, 2.05) is 35.2 Å². The van der Waals surface area contributed by atoms with Gasteiger partial charge in [0.2, 0.25) is 11.7 Å². The molecule has 0 aliphatic carbocycles. The van der Waals surface area contributed by atoms with Gasteiger partial charge in [-0.05, 0) is 19.8 Å². The predicted octanol–water partition coefficient (Wildman–Crippen LogP) is 2.29. The van der Waals surface area contributed by atoms with Gasteiger partial charge in [0.1, 0.15) is 0 Å². The van der Waals surface area contributed by atoms with Gasteiger partial charge in [-0.1, -0.05) is 35.5 Å². The summed E-state index contributed by atoms with van der Waals surface area (Å²) in [6, 6.07) is 10.4. The van der Waals surface area contributed by atoms with Crippen LogP contribution in [0.5, 0.6) is 0 Å². The molecule has 0 unspecified atom stereocenters. The van der Waals surface area contributed by atoms with Crippen LogP contribution in [0.3, 0.4) is 0 Å². The van der Waals surface area contributed by atoms with Crippen LogP contribution in [0.25, 0.3) is 11.4 Å². The Morgan fingerprint density at radius 2 is 1.96 bits per heavy atom. The second kappa shape index (κ2) is 6.84. The second-order valence-electron chi connectivity index (χ2n) is 6.69. The first-order chi connectivity index (χ1) is 12.2. The second-order valence-corrected chi connectivity index (χ2v) is 6.69. The van der Waals surface area contributed by atoms with E-state index in [0.29, 0.717) is 17.8 Å². The van der Waals surface area contributed by atoms with Crippen molar-refractivity contribution >= 4 is 6.03 Å². The van der Waals surface area contributed by atoms with Crippen LogP contribution >= 0.6 is 0 Å². The van der Waals surface area contributed by atoms with Crippen LogP contribution in [0.4, 0.5) is 4.79 Å². The van der Waals surface area contributed by atoms with Gasteiger partial charge in [-0.2, -0.15) is 4.98 Å². The summed E-state index contributed by atoms with van der Waals surface area (Å²) < 4.78 is 5.50. The molecule has 1 N–H and O–H groups in total. The highest BCUT2D eigenvalue weighted by Crippen LogP contribution is 2.27. The van der Waals surface area contributed by atoms with E-state index in [1.165, 1.54) is 0 Å². The molecule has 2 amide bonds. The molecule has 1 aromatic carbocycles. The molecule has 2 aliphatic rings. The van der Waals surface area contributed by atoms with Gasteiger partial charge in [-0.3, -0.25) is 4.90 Å². The molecule has 0 radical (unpaired) electrons. The summed E-state index contributed by atoms with van der Waals surface area (Å²) in [5.74, 6) is 1.28. The van der Waals surface area contributed by atoms with E-state index >= 15 is 0 Å². The summed E-state index contributed by atoms with van der Waals surface area (Å²) in [6.07, 6.45) is 1.97. The third-order valence-corrected chi connectivity index (χ3v) is 5.21. The number of piperidine rings is 1. The third-order valence-electron chi connectivity index (χ3n) is 5.21. The van der Waals surface area contributed by atoms with E-state index in [4.69, 9.17) is 4.52 Å². The lowest BCUT2D eigenvalue weighted by atomic mass is 10.0. The Morgan fingerprint density at radius 1 is 1.20 bits per heavy atom. The first-order valence-corrected chi connectivity index (χ1v) is 8.90. The number of hydrogen-bond donors (Lipinski definition) is 1. The number of likely N-dealkylation sites (tertiary alicyclic amines) is 1. The summed E-state index contributed by atoms with van der Waals surface area (Å²) in [7, 11) is 0. The summed E-state index contributed by atoms with van der Waals surface area (Å²) >= 11 is 0. The van der Waals surface area contributed by atoms with Crippen LogP contribution in [-0.4, -0.2) is 58.2 Å². The van der Waals surface area contributed by atoms with Crippen molar-refractivity contribution in [3.05, 3.63) is 36.2 Å². The van der Waals surface area contributed by atoms with Crippen LogP contribution in [0.1, 0.15) is 31.7 Å². The first-order valence-electron chi connectivity index (χ1n) is 8.90. The van der Waals surface area contributed by atoms with Crippen molar-refractivity contribution in [2.24, 2.45) is 0 Å². The number of benzene rings is 1. The van der Waals surface area contributed by atoms with Gasteiger partial charge in [0.05, 0.1) is 6.04 Å². The highest BCUT2D eigenvalue weighted by molar-refractivity contribution is 5.76. The van der Waals surface area contributed by atoms with Crippen molar-refractivity contribution in [3.63, 3.8) is 0 Å². The molecule has 25 heavy (non-hydrogen) atoms. The van der Waals surface area contributed by atoms with Gasteiger partial charge in [0.15, 0.2) is 0 Å². The van der Waals surface area contributed by atoms with Crippen molar-refractivity contribution in [3.8, 4) is 11.4 Å². The zero-order valence-corrected chi connectivity index (χ0v) is 14.4. The Kier molecular flexibility index (Phi) is 4.40. The minimum atomic E-state index is 0.0795. The first kappa shape index (κ1) is 16.1. The Hall–Kier alpha value is -2.41. The monoisotopic (exact) mass is 341 g/mol. The number of urea groups is 1. The van der Waals surface area contributed by atoms with Crippen molar-refractivity contribution in [2.45, 2.75) is 31.8 Å². The van der Waals surface area contributed by atoms with Crippen LogP contribution < -0.4 is 5.32 Å². The lowest BCUT2D eigenvalue weighted by Gasteiger charge is -2.37. The van der Waals surface area contributed by atoms with Crippen molar-refractivity contribution in [1.82, 2.24) is 25.3 Å². The fraction of sp³-hybridized carbons (Fsp3) is 0.500. The molecule has 2 aliphatic heterocycles. The molecule has 2 aromatic rings. The summed E-state index contributed by atoms with van der Waals surface area (Å²) in [5.41, 5.74) is 0.962. The number of amides is 2. The number of nitrogens with one attached hydrogen (secondary N) is 1. The molecule has 1 aromatic heterocycles. The molecule has 0 saturated carbocycles. The van der Waals surface area contributed by atoms with E-state index < -0.39 is 0 Å². The smallest absolute Gasteiger partial charge is 0.317 e. The number of hydrogen-bond acceptors (Lipinski definition) is 5. The summed E-state index contributed by atoms with van der Waals surface area (Å²) in [4.78, 5) is 20.7. The van der Waals surface area contributed by atoms with Gasteiger partial charge in [-0.15, -0.1) is 0 Å². The quantitative estimate of drug-likeness (QED) is 0.923. The maximum atomic E-state index is 11.8. The van der Waals surface area contributed by atoms with Gasteiger partial charge in [0, 0.05) is 37.8 Å². The average molecular weight is 341 g/mol. The predicted molar refractivity (Wildman–Crippen MR) is 92.8 cm³/mol. The number of nitrogens with zero attached hydrogens (tertiary/aromatic N) is 4. The lowest BCUT2D eigenvalue weighted by Crippen LogP contribution is -2.46. The van der Waals surface area contributed by atoms with Crippen LogP contribution in [0, 0.1) is 0 Å². The molecule has 4 rings (SSSR count). The largest absolute Gasteiger partial charge is 0.337 e. The zero-order valence-electron chi connectivity index (χ0n) is 14.4. The summed E-state index contributed by atoms with van der Waals surface area (Å²) in [5, 5.41) is 7.00. The standard InChI is InChI=1S/C18H23N5O2/c1-13(17-20-16(21-25-17)14-5-3-2-4-6-14)22-10-7-15(8-11-22)23-12-9-19-18(23)24/h2-6,13,15H,7-12H2,1H3,(H,19,24)/t13-/m1/s1. The molecule has 132 valence electrons. The molecule has 3 heterocycles. The Morgan fingerprint density at radius 3 is 2.64 bits per heavy atom. The van der Waals surface area contributed by atoms with Crippen LogP contribution in [0.2, 0.25) is 0 Å². The minimum Gasteiger partial charge on any atom is -0.337 e. The zero-order chi connectivity index (χ0) is 17.2. The van der Waals surface area contributed by atoms with E-state index in [9.17, 15) is 4.79 Å². The van der Waals surface area contributed by atoms with Crippen molar-refractivity contribution < 1.29 is 9.32 Å². The number of aromatic nitrogens is 2. The SMILES string of the molecule is C[C@H](c1nc(-c2ccccc2)no1)N1CCC(N2CCNC2=O)CC1. The highest BCUT2D eigenvalue weighted by Gasteiger charge is 2.33. The molecule has 1 atom stereocenters. The molecule has 2 fully saturated rings. The fourth-order valence-corrected chi connectivity index (χ4v) is 3.69. The van der Waals surface area contributed by atoms with Crippen LogP contribution in [-0.2, 0) is 0 Å². The third kappa shape index (κ3) is 3.24. The van der Waals surface area contributed by atoms with Gasteiger partial charge < -0.3 is 14.7 Å². The normalized spacial score (nSPS) is 20.7. The molecule has 7 heteroatoms. The van der Waals surface area contributed by atoms with E-state index in [1.54, 1.807) is 0 Å². The van der Waals surface area contributed by atoms with Crippen molar-refractivity contribution in [1.29, 1.82) is 0 Å².